The molecule has 0 bridgehead atoms. The maximum atomic E-state index is 5.85. The van der Waals surface area contributed by atoms with Crippen LogP contribution in [0.3, 0.4) is 0 Å². The standard InChI is InChI=1S/C15H25N3O/c1-3-4-13(2)12-19-15-9-14(10-17-11-15)18-7-5-16-6-8-18/h9-11,13,16H,3-8,12H2,1-2H3. The number of pyridine rings is 1. The van der Waals surface area contributed by atoms with Crippen molar-refractivity contribution in [2.24, 2.45) is 5.92 Å². The number of nitrogens with zero attached hydrogens (tertiary/aromatic N) is 2. The van der Waals surface area contributed by atoms with Crippen LogP contribution in [-0.4, -0.2) is 37.8 Å². The van der Waals surface area contributed by atoms with Crippen molar-refractivity contribution in [2.75, 3.05) is 37.7 Å². The molecule has 2 rings (SSSR count). The molecule has 0 spiro atoms. The van der Waals surface area contributed by atoms with Crippen LogP contribution in [0.15, 0.2) is 18.5 Å². The van der Waals surface area contributed by atoms with Crippen LogP contribution in [0.2, 0.25) is 0 Å². The van der Waals surface area contributed by atoms with Gasteiger partial charge in [-0.1, -0.05) is 20.3 Å². The van der Waals surface area contributed by atoms with Gasteiger partial charge in [-0.3, -0.25) is 4.98 Å². The number of rotatable bonds is 6. The highest BCUT2D eigenvalue weighted by atomic mass is 16.5. The van der Waals surface area contributed by atoms with Crippen molar-refractivity contribution < 1.29 is 4.74 Å². The summed E-state index contributed by atoms with van der Waals surface area (Å²) in [5, 5.41) is 3.36. The van der Waals surface area contributed by atoms with Crippen molar-refractivity contribution in [1.82, 2.24) is 10.3 Å². The molecule has 0 saturated carbocycles. The quantitative estimate of drug-likeness (QED) is 0.854. The van der Waals surface area contributed by atoms with E-state index in [9.17, 15) is 0 Å². The first kappa shape index (κ1) is 14.1. The molecule has 1 aromatic rings. The maximum Gasteiger partial charge on any atom is 0.139 e. The fourth-order valence-corrected chi connectivity index (χ4v) is 2.40. The number of anilines is 1. The fraction of sp³-hybridized carbons (Fsp3) is 0.667. The van der Waals surface area contributed by atoms with Gasteiger partial charge in [0.2, 0.25) is 0 Å². The Bertz CT molecular complexity index is 377. The Morgan fingerprint density at radius 3 is 2.89 bits per heavy atom. The van der Waals surface area contributed by atoms with E-state index in [1.54, 1.807) is 0 Å². The smallest absolute Gasteiger partial charge is 0.139 e. The summed E-state index contributed by atoms with van der Waals surface area (Å²) in [6.45, 7) is 9.38. The van der Waals surface area contributed by atoms with E-state index in [2.05, 4.69) is 35.1 Å². The van der Waals surface area contributed by atoms with Gasteiger partial charge >= 0.3 is 0 Å². The van der Waals surface area contributed by atoms with E-state index < -0.39 is 0 Å². The van der Waals surface area contributed by atoms with Crippen molar-refractivity contribution in [3.05, 3.63) is 18.5 Å². The molecule has 1 aliphatic rings. The zero-order valence-corrected chi connectivity index (χ0v) is 12.1. The number of hydrogen-bond donors (Lipinski definition) is 1. The van der Waals surface area contributed by atoms with Crippen LogP contribution < -0.4 is 15.0 Å². The van der Waals surface area contributed by atoms with Gasteiger partial charge < -0.3 is 15.0 Å². The first-order valence-electron chi connectivity index (χ1n) is 7.33. The minimum absolute atomic E-state index is 0.604. The molecule has 2 heterocycles. The van der Waals surface area contributed by atoms with E-state index >= 15 is 0 Å². The highest BCUT2D eigenvalue weighted by Crippen LogP contribution is 2.20. The van der Waals surface area contributed by atoms with E-state index in [1.165, 1.54) is 18.5 Å². The van der Waals surface area contributed by atoms with Crippen LogP contribution in [0.25, 0.3) is 0 Å². The Morgan fingerprint density at radius 2 is 2.16 bits per heavy atom. The largest absolute Gasteiger partial charge is 0.492 e. The summed E-state index contributed by atoms with van der Waals surface area (Å²) in [5.74, 6) is 1.49. The molecule has 1 aromatic heterocycles. The van der Waals surface area contributed by atoms with Crippen molar-refractivity contribution in [2.45, 2.75) is 26.7 Å². The van der Waals surface area contributed by atoms with Gasteiger partial charge in [-0.05, 0) is 12.3 Å². The summed E-state index contributed by atoms with van der Waals surface area (Å²) in [6, 6.07) is 2.11. The summed E-state index contributed by atoms with van der Waals surface area (Å²) in [4.78, 5) is 6.65. The second-order valence-electron chi connectivity index (χ2n) is 5.32. The number of piperazine rings is 1. The van der Waals surface area contributed by atoms with Crippen molar-refractivity contribution >= 4 is 5.69 Å². The maximum absolute atomic E-state index is 5.85. The van der Waals surface area contributed by atoms with E-state index in [0.717, 1.165) is 38.5 Å². The molecule has 4 nitrogen and oxygen atoms in total. The molecule has 1 aliphatic heterocycles. The van der Waals surface area contributed by atoms with Crippen molar-refractivity contribution in [1.29, 1.82) is 0 Å². The normalized spacial score (nSPS) is 17.3. The molecule has 0 aromatic carbocycles. The Balaban J connectivity index is 1.91. The van der Waals surface area contributed by atoms with Crippen LogP contribution in [0.4, 0.5) is 5.69 Å². The van der Waals surface area contributed by atoms with E-state index in [0.29, 0.717) is 5.92 Å². The molecule has 106 valence electrons. The van der Waals surface area contributed by atoms with Crippen molar-refractivity contribution in [3.8, 4) is 5.75 Å². The third kappa shape index (κ3) is 4.39. The second-order valence-corrected chi connectivity index (χ2v) is 5.32. The lowest BCUT2D eigenvalue weighted by Gasteiger charge is -2.29. The molecule has 19 heavy (non-hydrogen) atoms. The van der Waals surface area contributed by atoms with E-state index in [4.69, 9.17) is 4.74 Å². The lowest BCUT2D eigenvalue weighted by Crippen LogP contribution is -2.43. The third-order valence-electron chi connectivity index (χ3n) is 3.50. The summed E-state index contributed by atoms with van der Waals surface area (Å²) in [5.41, 5.74) is 1.17. The summed E-state index contributed by atoms with van der Waals surface area (Å²) >= 11 is 0. The van der Waals surface area contributed by atoms with Crippen LogP contribution in [0.1, 0.15) is 26.7 Å². The molecule has 1 unspecified atom stereocenters. The topological polar surface area (TPSA) is 37.4 Å². The zero-order chi connectivity index (χ0) is 13.5. The zero-order valence-electron chi connectivity index (χ0n) is 12.1. The monoisotopic (exact) mass is 263 g/mol. The Labute approximate surface area is 116 Å². The lowest BCUT2D eigenvalue weighted by atomic mass is 10.1. The van der Waals surface area contributed by atoms with Gasteiger partial charge in [0.1, 0.15) is 5.75 Å². The summed E-state index contributed by atoms with van der Waals surface area (Å²) in [7, 11) is 0. The van der Waals surface area contributed by atoms with Crippen molar-refractivity contribution in [3.63, 3.8) is 0 Å². The average molecular weight is 263 g/mol. The number of nitrogens with one attached hydrogen (secondary N) is 1. The van der Waals surface area contributed by atoms with Gasteiger partial charge in [0.15, 0.2) is 0 Å². The van der Waals surface area contributed by atoms with Crippen LogP contribution in [0, 0.1) is 5.92 Å². The Morgan fingerprint density at radius 1 is 1.37 bits per heavy atom. The average Bonchev–Trinajstić information content (AvgIpc) is 2.47. The minimum Gasteiger partial charge on any atom is -0.492 e. The second kappa shape index (κ2) is 7.34. The first-order valence-corrected chi connectivity index (χ1v) is 7.33. The molecule has 1 N–H and O–H groups in total. The molecule has 0 radical (unpaired) electrons. The molecule has 4 heteroatoms. The van der Waals surface area contributed by atoms with E-state index in [1.807, 2.05) is 12.4 Å². The number of ether oxygens (including phenoxy) is 1. The van der Waals surface area contributed by atoms with Crippen LogP contribution in [-0.2, 0) is 0 Å². The van der Waals surface area contributed by atoms with Gasteiger partial charge in [-0.15, -0.1) is 0 Å². The highest BCUT2D eigenvalue weighted by molar-refractivity contribution is 5.48. The number of aromatic nitrogens is 1. The van der Waals surface area contributed by atoms with Gasteiger partial charge in [0.05, 0.1) is 24.7 Å². The number of hydrogen-bond acceptors (Lipinski definition) is 4. The van der Waals surface area contributed by atoms with Crippen LogP contribution >= 0.6 is 0 Å². The van der Waals surface area contributed by atoms with Gasteiger partial charge in [-0.25, -0.2) is 0 Å². The van der Waals surface area contributed by atoms with Gasteiger partial charge in [0, 0.05) is 32.2 Å². The molecular formula is C15H25N3O. The minimum atomic E-state index is 0.604. The molecule has 1 atom stereocenters. The molecule has 0 amide bonds. The highest BCUT2D eigenvalue weighted by Gasteiger charge is 2.11. The van der Waals surface area contributed by atoms with E-state index in [-0.39, 0.29) is 0 Å². The lowest BCUT2D eigenvalue weighted by molar-refractivity contribution is 0.251. The molecule has 1 fully saturated rings. The third-order valence-corrected chi connectivity index (χ3v) is 3.50. The fourth-order valence-electron chi connectivity index (χ4n) is 2.40. The predicted molar refractivity (Wildman–Crippen MR) is 78.9 cm³/mol. The van der Waals surface area contributed by atoms with Gasteiger partial charge in [-0.2, -0.15) is 0 Å². The summed E-state index contributed by atoms with van der Waals surface area (Å²) in [6.07, 6.45) is 6.16. The predicted octanol–water partition coefficient (Wildman–Crippen LogP) is 2.31. The SMILES string of the molecule is CCCC(C)COc1cncc(N2CCNCC2)c1. The van der Waals surface area contributed by atoms with Crippen LogP contribution in [0.5, 0.6) is 5.75 Å². The Kier molecular flexibility index (Phi) is 5.45. The molecule has 1 saturated heterocycles. The molecular weight excluding hydrogens is 238 g/mol. The Hall–Kier alpha value is -1.29. The van der Waals surface area contributed by atoms with Gasteiger partial charge in [0.25, 0.3) is 0 Å². The summed E-state index contributed by atoms with van der Waals surface area (Å²) < 4.78 is 5.85. The first-order chi connectivity index (χ1) is 9.29. The molecule has 0 aliphatic carbocycles.